The quantitative estimate of drug-likeness (QED) is 0.0618. The van der Waals surface area contributed by atoms with E-state index in [0.29, 0.717) is 34.5 Å². The third-order valence-corrected chi connectivity index (χ3v) is 17.8. The topological polar surface area (TPSA) is 0 Å². The summed E-state index contributed by atoms with van der Waals surface area (Å²) >= 11 is 0. The maximum absolute atomic E-state index is 3.83. The Bertz CT molecular complexity index is 1520. The molecule has 2 aromatic rings. The summed E-state index contributed by atoms with van der Waals surface area (Å²) in [6, 6.07) is 19.5. The highest BCUT2D eigenvalue weighted by Gasteiger charge is 2.10. The summed E-state index contributed by atoms with van der Waals surface area (Å²) in [7, 11) is 0. The Morgan fingerprint density at radius 3 is 0.943 bits per heavy atom. The Morgan fingerprint density at radius 2 is 0.805 bits per heavy atom. The SMILES string of the molecule is C=C(C)C(C)CC.C=CC(C)(C)CC.C=CC(C)CC.CCC(C)(C)CC.CCC(C)C(C)C.CCC(C)CC.CCC(C)c1ccc(C)cc1.CCC(C)c1ccccc1.CCC=CCC.CCCC(C)CC.CCCC(C)CC.CCCCCC. The second-order valence-electron chi connectivity index (χ2n) is 27.3. The van der Waals surface area contributed by atoms with Crippen LogP contribution in [0.25, 0.3) is 0 Å². The van der Waals surface area contributed by atoms with Crippen LogP contribution in [0.15, 0.2) is 104 Å². The summed E-state index contributed by atoms with van der Waals surface area (Å²) in [6.45, 7) is 86.8. The predicted molar refractivity (Wildman–Crippen MR) is 420 cm³/mol. The molecule has 2 rings (SSSR count). The minimum atomic E-state index is 0.347. The molecular weight excluding hydrogens is 1040 g/mol. The normalized spacial score (nSPS) is 12.6. The smallest absolute Gasteiger partial charge is 0.0180 e. The van der Waals surface area contributed by atoms with Crippen LogP contribution in [0.5, 0.6) is 0 Å². The van der Waals surface area contributed by atoms with Crippen molar-refractivity contribution < 1.29 is 0 Å². The molecule has 0 heteroatoms. The van der Waals surface area contributed by atoms with E-state index in [0.717, 1.165) is 29.6 Å². The molecule has 0 spiro atoms. The second-order valence-corrected chi connectivity index (χ2v) is 27.3. The molecule has 0 radical (unpaired) electrons. The first kappa shape index (κ1) is 106. The molecule has 2 aromatic carbocycles. The van der Waals surface area contributed by atoms with Gasteiger partial charge >= 0.3 is 0 Å². The molecule has 0 N–H and O–H groups in total. The van der Waals surface area contributed by atoms with Crippen molar-refractivity contribution in [2.75, 3.05) is 0 Å². The van der Waals surface area contributed by atoms with Crippen LogP contribution in [0.3, 0.4) is 0 Å². The summed E-state index contributed by atoms with van der Waals surface area (Å²) in [4.78, 5) is 0. The molecule has 7 unspecified atom stereocenters. The number of aryl methyl sites for hydroxylation is 1. The summed E-state index contributed by atoms with van der Waals surface area (Å²) in [5, 5.41) is 0. The van der Waals surface area contributed by atoms with Crippen LogP contribution in [0.1, 0.15) is 398 Å². The Labute approximate surface area is 558 Å². The average molecular weight is 1220 g/mol. The molecule has 7 atom stereocenters. The fourth-order valence-electron chi connectivity index (χ4n) is 6.04. The van der Waals surface area contributed by atoms with Crippen LogP contribution in [-0.2, 0) is 0 Å². The van der Waals surface area contributed by atoms with Gasteiger partial charge in [0.25, 0.3) is 0 Å². The number of unbranched alkanes of at least 4 members (excludes halogenated alkanes) is 3. The fourth-order valence-corrected chi connectivity index (χ4v) is 6.04. The van der Waals surface area contributed by atoms with Crippen LogP contribution in [-0.4, -0.2) is 0 Å². The van der Waals surface area contributed by atoms with Crippen molar-refractivity contribution in [2.24, 2.45) is 52.3 Å². The van der Waals surface area contributed by atoms with Gasteiger partial charge in [0, 0.05) is 0 Å². The summed E-state index contributed by atoms with van der Waals surface area (Å²) in [5.74, 6) is 7.42. The van der Waals surface area contributed by atoms with Crippen LogP contribution in [0.2, 0.25) is 0 Å². The molecule has 522 valence electrons. The van der Waals surface area contributed by atoms with E-state index in [1.165, 1.54) is 164 Å². The van der Waals surface area contributed by atoms with Gasteiger partial charge in [0.15, 0.2) is 0 Å². The average Bonchev–Trinajstić information content (AvgIpc) is 3.56. The summed E-state index contributed by atoms with van der Waals surface area (Å²) < 4.78 is 0. The van der Waals surface area contributed by atoms with E-state index in [1.807, 2.05) is 12.2 Å². The molecule has 0 aliphatic heterocycles. The van der Waals surface area contributed by atoms with E-state index in [4.69, 9.17) is 0 Å². The molecule has 0 fully saturated rings. The molecule has 0 aliphatic carbocycles. The Morgan fingerprint density at radius 1 is 0.437 bits per heavy atom. The number of hydrogen-bond donors (Lipinski definition) is 0. The number of benzene rings is 2. The van der Waals surface area contributed by atoms with Crippen LogP contribution in [0.4, 0.5) is 0 Å². The van der Waals surface area contributed by atoms with E-state index < -0.39 is 0 Å². The molecular formula is C87H174. The third-order valence-electron chi connectivity index (χ3n) is 17.8. The van der Waals surface area contributed by atoms with Crippen molar-refractivity contribution >= 4 is 0 Å². The molecule has 87 heavy (non-hydrogen) atoms. The van der Waals surface area contributed by atoms with E-state index in [-0.39, 0.29) is 0 Å². The Hall–Kier alpha value is -2.60. The minimum Gasteiger partial charge on any atom is -0.103 e. The highest BCUT2D eigenvalue weighted by Crippen LogP contribution is 2.23. The van der Waals surface area contributed by atoms with Crippen LogP contribution < -0.4 is 0 Å². The zero-order valence-electron chi connectivity index (χ0n) is 67.4. The fraction of sp³-hybridized carbons (Fsp3) is 0.770. The van der Waals surface area contributed by atoms with Gasteiger partial charge in [-0.3, -0.25) is 0 Å². The Kier molecular flexibility index (Phi) is 99.2. The minimum absolute atomic E-state index is 0.347. The maximum atomic E-state index is 3.83. The lowest BCUT2D eigenvalue weighted by atomic mass is 9.88. The number of hydrogen-bond acceptors (Lipinski definition) is 0. The first-order valence-electron chi connectivity index (χ1n) is 37.4. The molecule has 0 amide bonds. The van der Waals surface area contributed by atoms with Crippen molar-refractivity contribution in [1.82, 2.24) is 0 Å². The largest absolute Gasteiger partial charge is 0.103 e. The Balaban J connectivity index is -0.0000000935. The zero-order chi connectivity index (χ0) is 70.3. The summed E-state index contributed by atoms with van der Waals surface area (Å²) in [6.07, 6.45) is 37.0. The second kappa shape index (κ2) is 81.4. The highest BCUT2D eigenvalue weighted by molar-refractivity contribution is 5.23. The van der Waals surface area contributed by atoms with Gasteiger partial charge in [-0.05, 0) is 128 Å². The van der Waals surface area contributed by atoms with Crippen molar-refractivity contribution in [2.45, 2.75) is 389 Å². The lowest BCUT2D eigenvalue weighted by molar-refractivity contribution is 0.338. The van der Waals surface area contributed by atoms with Crippen molar-refractivity contribution in [1.29, 1.82) is 0 Å². The number of rotatable bonds is 27. The van der Waals surface area contributed by atoms with E-state index >= 15 is 0 Å². The van der Waals surface area contributed by atoms with Gasteiger partial charge in [0.2, 0.25) is 0 Å². The van der Waals surface area contributed by atoms with Gasteiger partial charge in [0.1, 0.15) is 0 Å². The first-order valence-corrected chi connectivity index (χ1v) is 37.4. The monoisotopic (exact) mass is 1220 g/mol. The first-order chi connectivity index (χ1) is 40.7. The predicted octanol–water partition coefficient (Wildman–Crippen LogP) is 32.7. The molecule has 0 aliphatic rings. The zero-order valence-corrected chi connectivity index (χ0v) is 67.4. The van der Waals surface area contributed by atoms with E-state index in [1.54, 1.807) is 0 Å². The molecule has 0 saturated heterocycles. The van der Waals surface area contributed by atoms with E-state index in [9.17, 15) is 0 Å². The molecule has 0 bridgehead atoms. The van der Waals surface area contributed by atoms with Crippen molar-refractivity contribution in [3.05, 3.63) is 121 Å². The van der Waals surface area contributed by atoms with Gasteiger partial charge in [-0.25, -0.2) is 0 Å². The van der Waals surface area contributed by atoms with Gasteiger partial charge in [-0.15, -0.1) is 13.2 Å². The van der Waals surface area contributed by atoms with Crippen molar-refractivity contribution in [3.8, 4) is 0 Å². The van der Waals surface area contributed by atoms with Gasteiger partial charge in [-0.2, -0.15) is 0 Å². The van der Waals surface area contributed by atoms with Crippen LogP contribution in [0, 0.1) is 59.2 Å². The van der Waals surface area contributed by atoms with Gasteiger partial charge < -0.3 is 0 Å². The van der Waals surface area contributed by atoms with Gasteiger partial charge in [-0.1, -0.05) is 421 Å². The van der Waals surface area contributed by atoms with Gasteiger partial charge in [0.05, 0.1) is 0 Å². The van der Waals surface area contributed by atoms with Crippen LogP contribution >= 0.6 is 0 Å². The summed E-state index contributed by atoms with van der Waals surface area (Å²) in [5.41, 5.74) is 6.47. The molecule has 0 aromatic heterocycles. The standard InChI is InChI=1S/C11H16.C10H14.C7H16.C7H14.C7H16.C7H14.2C7H16.C6H14.C6H12.C6H14.C6H12/c1-4-10(3)11-7-5-9(2)6-8-11;1-3-9(2)10-7-5-4-6-8-10;2*1-5-7(3,4)6-2;2*1-5-7(4)6(2)3;2*1-4-6-7(3)5-2;2*1-4-6(3)5-2;2*1-3-5-6-4-2/h5-8,10H,4H2,1-3H3;4-9H,3H2,1-2H3;5-6H2,1-4H3;5H,1,6H2,2-4H3;6-7H,5H2,1-4H3;7H,2,5H2,1,3-4H3;2*7H,4-6H2,1-3H3;6H,4-5H2,1-3H3;4,6H,1,5H2,2-3H3;3-6H2,1-2H3;5-6H,3-4H2,1-2H3. The maximum Gasteiger partial charge on any atom is -0.0180 e. The molecule has 0 nitrogen and oxygen atoms in total. The highest BCUT2D eigenvalue weighted by atomic mass is 14.2. The molecule has 0 saturated carbocycles. The molecule has 0 heterocycles. The lowest BCUT2D eigenvalue weighted by Gasteiger charge is -2.18. The lowest BCUT2D eigenvalue weighted by Crippen LogP contribution is -2.05. The third kappa shape index (κ3) is 97.2. The number of allylic oxidation sites excluding steroid dienone is 5. The van der Waals surface area contributed by atoms with E-state index in [2.05, 4.69) is 322 Å². The van der Waals surface area contributed by atoms with Crippen molar-refractivity contribution in [3.63, 3.8) is 0 Å².